The molecule has 1 aromatic heterocycles. The number of hydrogen-bond donors (Lipinski definition) is 2. The lowest BCUT2D eigenvalue weighted by Gasteiger charge is -2.10. The molecule has 1 heterocycles. The summed E-state index contributed by atoms with van der Waals surface area (Å²) in [5.41, 5.74) is -0.800. The van der Waals surface area contributed by atoms with Crippen molar-refractivity contribution in [2.75, 3.05) is 25.0 Å². The van der Waals surface area contributed by atoms with Gasteiger partial charge in [0.2, 0.25) is 5.91 Å². The van der Waals surface area contributed by atoms with Crippen molar-refractivity contribution in [1.82, 2.24) is 10.3 Å². The Morgan fingerprint density at radius 1 is 1.19 bits per heavy atom. The highest BCUT2D eigenvalue weighted by Crippen LogP contribution is 2.28. The molecule has 27 heavy (non-hydrogen) atoms. The molecule has 9 heteroatoms. The Morgan fingerprint density at radius 3 is 2.67 bits per heavy atom. The largest absolute Gasteiger partial charge is 0.494 e. The van der Waals surface area contributed by atoms with Crippen molar-refractivity contribution in [3.63, 3.8) is 0 Å². The number of anilines is 1. The molecule has 0 fully saturated rings. The fourth-order valence-electron chi connectivity index (χ4n) is 2.13. The Labute approximate surface area is 163 Å². The van der Waals surface area contributed by atoms with Gasteiger partial charge in [0.15, 0.2) is 0 Å². The molecule has 1 aromatic carbocycles. The quantitative estimate of drug-likeness (QED) is 0.566. The van der Waals surface area contributed by atoms with Crippen LogP contribution < -0.4 is 15.4 Å². The topological polar surface area (TPSA) is 63.2 Å². The number of rotatable bonds is 9. The van der Waals surface area contributed by atoms with Crippen LogP contribution in [0.1, 0.15) is 18.4 Å². The van der Waals surface area contributed by atoms with Crippen LogP contribution in [0, 0.1) is 0 Å². The number of pyridine rings is 1. The van der Waals surface area contributed by atoms with E-state index in [1.165, 1.54) is 6.07 Å². The van der Waals surface area contributed by atoms with Gasteiger partial charge in [-0.1, -0.05) is 22.0 Å². The van der Waals surface area contributed by atoms with Gasteiger partial charge in [-0.3, -0.25) is 4.79 Å². The number of alkyl halides is 3. The molecule has 0 saturated heterocycles. The van der Waals surface area contributed by atoms with Crippen molar-refractivity contribution in [3.8, 4) is 5.75 Å². The lowest BCUT2D eigenvalue weighted by atomic mass is 10.3. The molecule has 2 aromatic rings. The maximum absolute atomic E-state index is 12.4. The molecule has 0 spiro atoms. The first-order chi connectivity index (χ1) is 12.8. The molecule has 2 rings (SSSR count). The van der Waals surface area contributed by atoms with Crippen molar-refractivity contribution in [2.24, 2.45) is 0 Å². The van der Waals surface area contributed by atoms with Crippen molar-refractivity contribution in [2.45, 2.75) is 19.0 Å². The van der Waals surface area contributed by atoms with Crippen LogP contribution in [-0.4, -0.2) is 30.6 Å². The maximum Gasteiger partial charge on any atom is 0.417 e. The van der Waals surface area contributed by atoms with Gasteiger partial charge in [0.25, 0.3) is 0 Å². The van der Waals surface area contributed by atoms with E-state index in [9.17, 15) is 18.0 Å². The van der Waals surface area contributed by atoms with E-state index in [1.807, 2.05) is 24.3 Å². The minimum atomic E-state index is -4.40. The molecular formula is C18H19BrF3N3O2. The number of aromatic nitrogens is 1. The zero-order valence-electron chi connectivity index (χ0n) is 14.4. The molecule has 0 radical (unpaired) electrons. The number of benzene rings is 1. The van der Waals surface area contributed by atoms with E-state index in [1.54, 1.807) is 0 Å². The smallest absolute Gasteiger partial charge is 0.417 e. The van der Waals surface area contributed by atoms with Crippen molar-refractivity contribution < 1.29 is 22.7 Å². The number of carbonyl (C=O) groups excluding carboxylic acids is 1. The monoisotopic (exact) mass is 445 g/mol. The summed E-state index contributed by atoms with van der Waals surface area (Å²) in [6.45, 7) is 1.13. The van der Waals surface area contributed by atoms with Crippen LogP contribution >= 0.6 is 15.9 Å². The molecule has 2 N–H and O–H groups in total. The maximum atomic E-state index is 12.4. The molecule has 5 nitrogen and oxygen atoms in total. The normalized spacial score (nSPS) is 11.1. The summed E-state index contributed by atoms with van der Waals surface area (Å²) in [5.74, 6) is 0.938. The number of nitrogens with zero attached hydrogens (tertiary/aromatic N) is 1. The van der Waals surface area contributed by atoms with Gasteiger partial charge in [-0.2, -0.15) is 13.2 Å². The Kier molecular flexibility index (Phi) is 7.90. The molecule has 0 saturated carbocycles. The molecule has 0 aliphatic heterocycles. The van der Waals surface area contributed by atoms with E-state index >= 15 is 0 Å². The van der Waals surface area contributed by atoms with Gasteiger partial charge in [-0.25, -0.2) is 4.98 Å². The van der Waals surface area contributed by atoms with Crippen molar-refractivity contribution >= 4 is 27.7 Å². The number of carbonyl (C=O) groups is 1. The molecule has 0 aliphatic rings. The average molecular weight is 446 g/mol. The predicted octanol–water partition coefficient (Wildman–Crippen LogP) is 4.25. The highest BCUT2D eigenvalue weighted by atomic mass is 79.9. The summed E-state index contributed by atoms with van der Waals surface area (Å²) in [6.07, 6.45) is -2.73. The van der Waals surface area contributed by atoms with Crippen LogP contribution in [0.3, 0.4) is 0 Å². The lowest BCUT2D eigenvalue weighted by molar-refractivity contribution is -0.137. The number of ether oxygens (including phenoxy) is 1. The van der Waals surface area contributed by atoms with Crippen LogP contribution in [0.4, 0.5) is 19.0 Å². The average Bonchev–Trinajstić information content (AvgIpc) is 2.62. The van der Waals surface area contributed by atoms with Gasteiger partial charge in [-0.15, -0.1) is 0 Å². The Hall–Kier alpha value is -2.29. The van der Waals surface area contributed by atoms with Gasteiger partial charge in [0, 0.05) is 30.2 Å². The molecule has 1 amide bonds. The van der Waals surface area contributed by atoms with Gasteiger partial charge < -0.3 is 15.4 Å². The SMILES string of the molecule is O=C(CCCOc1cccc(Br)c1)NCCNc1ccc(C(F)(F)F)cn1. The van der Waals surface area contributed by atoms with Crippen LogP contribution in [0.15, 0.2) is 47.1 Å². The summed E-state index contributed by atoms with van der Waals surface area (Å²) in [5, 5.41) is 5.57. The van der Waals surface area contributed by atoms with E-state index in [2.05, 4.69) is 31.5 Å². The van der Waals surface area contributed by atoms with Crippen molar-refractivity contribution in [1.29, 1.82) is 0 Å². The minimum absolute atomic E-state index is 0.116. The summed E-state index contributed by atoms with van der Waals surface area (Å²) in [6, 6.07) is 9.66. The highest BCUT2D eigenvalue weighted by molar-refractivity contribution is 9.10. The summed E-state index contributed by atoms with van der Waals surface area (Å²) in [7, 11) is 0. The van der Waals surface area contributed by atoms with E-state index in [-0.39, 0.29) is 5.91 Å². The summed E-state index contributed by atoms with van der Waals surface area (Å²) >= 11 is 3.35. The number of nitrogens with one attached hydrogen (secondary N) is 2. The van der Waals surface area contributed by atoms with Gasteiger partial charge in [0.05, 0.1) is 12.2 Å². The minimum Gasteiger partial charge on any atom is -0.494 e. The fourth-order valence-corrected chi connectivity index (χ4v) is 2.50. The van der Waals surface area contributed by atoms with E-state index < -0.39 is 11.7 Å². The van der Waals surface area contributed by atoms with Crippen molar-refractivity contribution in [3.05, 3.63) is 52.6 Å². The molecule has 0 bridgehead atoms. The second-order valence-electron chi connectivity index (χ2n) is 5.62. The first-order valence-corrected chi connectivity index (χ1v) is 9.06. The van der Waals surface area contributed by atoms with E-state index in [0.717, 1.165) is 22.5 Å². The van der Waals surface area contributed by atoms with E-state index in [0.29, 0.717) is 38.4 Å². The predicted molar refractivity (Wildman–Crippen MR) is 99.6 cm³/mol. The van der Waals surface area contributed by atoms with Gasteiger partial charge in [-0.05, 0) is 36.8 Å². The van der Waals surface area contributed by atoms with Crippen LogP contribution in [0.5, 0.6) is 5.75 Å². The zero-order chi connectivity index (χ0) is 19.7. The first-order valence-electron chi connectivity index (χ1n) is 8.27. The summed E-state index contributed by atoms with van der Waals surface area (Å²) in [4.78, 5) is 15.4. The molecule has 0 atom stereocenters. The standard InChI is InChI=1S/C18H19BrF3N3O2/c19-14-3-1-4-15(11-14)27-10-2-5-17(26)24-9-8-23-16-7-6-13(12-25-16)18(20,21)22/h1,3-4,6-7,11-12H,2,5,8-10H2,(H,23,25)(H,24,26). The number of hydrogen-bond acceptors (Lipinski definition) is 4. The van der Waals surface area contributed by atoms with Crippen LogP contribution in [0.25, 0.3) is 0 Å². The Morgan fingerprint density at radius 2 is 2.00 bits per heavy atom. The first kappa shape index (κ1) is 21.0. The molecular weight excluding hydrogens is 427 g/mol. The Balaban J connectivity index is 1.57. The second-order valence-corrected chi connectivity index (χ2v) is 6.53. The van der Waals surface area contributed by atoms with E-state index in [4.69, 9.17) is 4.74 Å². The summed E-state index contributed by atoms with van der Waals surface area (Å²) < 4.78 is 43.8. The van der Waals surface area contributed by atoms with Gasteiger partial charge >= 0.3 is 6.18 Å². The third-order valence-electron chi connectivity index (χ3n) is 3.46. The Bertz CT molecular complexity index is 739. The third-order valence-corrected chi connectivity index (χ3v) is 3.95. The second kappa shape index (κ2) is 10.1. The number of amides is 1. The van der Waals surface area contributed by atoms with Crippen LogP contribution in [0.2, 0.25) is 0 Å². The zero-order valence-corrected chi connectivity index (χ0v) is 15.9. The van der Waals surface area contributed by atoms with Gasteiger partial charge in [0.1, 0.15) is 11.6 Å². The fraction of sp³-hybridized carbons (Fsp3) is 0.333. The highest BCUT2D eigenvalue weighted by Gasteiger charge is 2.30. The third kappa shape index (κ3) is 7.86. The molecule has 146 valence electrons. The lowest BCUT2D eigenvalue weighted by Crippen LogP contribution is -2.29. The molecule has 0 unspecified atom stereocenters. The van der Waals surface area contributed by atoms with Crippen LogP contribution in [-0.2, 0) is 11.0 Å². The number of halogens is 4. The molecule has 0 aliphatic carbocycles.